The van der Waals surface area contributed by atoms with Crippen LogP contribution >= 0.6 is 11.5 Å². The first-order chi connectivity index (χ1) is 11.7. The minimum atomic E-state index is 0.0138. The van der Waals surface area contributed by atoms with Gasteiger partial charge in [-0.2, -0.15) is 0 Å². The molecule has 0 unspecified atom stereocenters. The molecule has 7 heteroatoms. The zero-order valence-electron chi connectivity index (χ0n) is 14.4. The third-order valence-electron chi connectivity index (χ3n) is 5.25. The molecule has 0 bridgehead atoms. The summed E-state index contributed by atoms with van der Waals surface area (Å²) in [5.41, 5.74) is 0.778. The van der Waals surface area contributed by atoms with E-state index < -0.39 is 0 Å². The van der Waals surface area contributed by atoms with Gasteiger partial charge in [-0.25, -0.2) is 0 Å². The van der Waals surface area contributed by atoms with Crippen molar-refractivity contribution in [2.45, 2.75) is 51.9 Å². The molecule has 0 radical (unpaired) electrons. The lowest BCUT2D eigenvalue weighted by Gasteiger charge is -2.34. The van der Waals surface area contributed by atoms with E-state index in [9.17, 15) is 9.59 Å². The number of rotatable bonds is 5. The lowest BCUT2D eigenvalue weighted by atomic mass is 10.0. The van der Waals surface area contributed by atoms with Crippen LogP contribution in [0.4, 0.5) is 0 Å². The first-order valence-electron chi connectivity index (χ1n) is 9.07. The second-order valence-corrected chi connectivity index (χ2v) is 7.52. The fourth-order valence-corrected chi connectivity index (χ4v) is 4.41. The van der Waals surface area contributed by atoms with E-state index in [2.05, 4.69) is 9.59 Å². The van der Waals surface area contributed by atoms with Crippen LogP contribution in [-0.4, -0.2) is 57.4 Å². The Morgan fingerprint density at radius 3 is 2.46 bits per heavy atom. The van der Waals surface area contributed by atoms with Gasteiger partial charge in [0, 0.05) is 32.6 Å². The van der Waals surface area contributed by atoms with E-state index in [-0.39, 0.29) is 11.8 Å². The van der Waals surface area contributed by atoms with Crippen LogP contribution in [0.5, 0.6) is 0 Å². The van der Waals surface area contributed by atoms with Gasteiger partial charge < -0.3 is 9.80 Å². The number of piperazine rings is 1. The zero-order valence-corrected chi connectivity index (χ0v) is 15.2. The summed E-state index contributed by atoms with van der Waals surface area (Å²) >= 11 is 1.17. The molecule has 2 fully saturated rings. The van der Waals surface area contributed by atoms with Crippen molar-refractivity contribution < 1.29 is 9.59 Å². The largest absolute Gasteiger partial charge is 0.339 e. The summed E-state index contributed by atoms with van der Waals surface area (Å²) in [6, 6.07) is 0. The molecule has 1 aliphatic carbocycles. The lowest BCUT2D eigenvalue weighted by molar-refractivity contribution is -0.133. The fourth-order valence-electron chi connectivity index (χ4n) is 3.69. The maximum Gasteiger partial charge on any atom is 0.267 e. The molecule has 0 spiro atoms. The van der Waals surface area contributed by atoms with Gasteiger partial charge in [-0.3, -0.25) is 9.59 Å². The van der Waals surface area contributed by atoms with Crippen LogP contribution in [0.2, 0.25) is 0 Å². The predicted molar refractivity (Wildman–Crippen MR) is 93.0 cm³/mol. The van der Waals surface area contributed by atoms with Gasteiger partial charge in [0.2, 0.25) is 5.91 Å². The van der Waals surface area contributed by atoms with Gasteiger partial charge in [-0.05, 0) is 30.3 Å². The number of carbonyl (C=O) groups is 2. The van der Waals surface area contributed by atoms with Crippen LogP contribution in [0.25, 0.3) is 0 Å². The van der Waals surface area contributed by atoms with Crippen molar-refractivity contribution in [1.29, 1.82) is 0 Å². The van der Waals surface area contributed by atoms with Crippen LogP contribution in [0.3, 0.4) is 0 Å². The Kier molecular flexibility index (Phi) is 5.81. The Labute approximate surface area is 147 Å². The first-order valence-corrected chi connectivity index (χ1v) is 9.84. The molecule has 2 heterocycles. The Morgan fingerprint density at radius 1 is 1.12 bits per heavy atom. The van der Waals surface area contributed by atoms with Gasteiger partial charge in [0.05, 0.1) is 5.69 Å². The molecular formula is C17H26N4O2S. The molecule has 6 nitrogen and oxygen atoms in total. The minimum absolute atomic E-state index is 0.0138. The van der Waals surface area contributed by atoms with Gasteiger partial charge >= 0.3 is 0 Å². The standard InChI is InChI=1S/C17H26N4O2S/c1-2-14-16(24-19-18-14)17(23)21-11-9-20(10-12-21)15(22)8-7-13-5-3-4-6-13/h13H,2-12H2,1H3. The maximum absolute atomic E-state index is 12.6. The van der Waals surface area contributed by atoms with Gasteiger partial charge in [-0.1, -0.05) is 37.1 Å². The molecule has 1 saturated carbocycles. The van der Waals surface area contributed by atoms with Crippen molar-refractivity contribution in [3.8, 4) is 0 Å². The van der Waals surface area contributed by atoms with E-state index in [1.807, 2.05) is 16.7 Å². The first kappa shape index (κ1) is 17.3. The maximum atomic E-state index is 12.6. The monoisotopic (exact) mass is 350 g/mol. The highest BCUT2D eigenvalue weighted by atomic mass is 32.1. The van der Waals surface area contributed by atoms with Crippen molar-refractivity contribution >= 4 is 23.3 Å². The van der Waals surface area contributed by atoms with Gasteiger partial charge in [0.15, 0.2) is 0 Å². The molecule has 2 aliphatic rings. The number of aryl methyl sites for hydroxylation is 1. The predicted octanol–water partition coefficient (Wildman–Crippen LogP) is 2.36. The van der Waals surface area contributed by atoms with E-state index in [1.165, 1.54) is 37.2 Å². The highest BCUT2D eigenvalue weighted by Crippen LogP contribution is 2.28. The molecule has 0 N–H and O–H groups in total. The average Bonchev–Trinajstić information content (AvgIpc) is 3.30. The molecule has 1 aromatic rings. The second-order valence-electron chi connectivity index (χ2n) is 6.76. The van der Waals surface area contributed by atoms with Gasteiger partial charge in [0.1, 0.15) is 4.88 Å². The smallest absolute Gasteiger partial charge is 0.267 e. The summed E-state index contributed by atoms with van der Waals surface area (Å²) in [4.78, 5) is 29.3. The normalized spacial score (nSPS) is 19.0. The van der Waals surface area contributed by atoms with E-state index in [0.717, 1.165) is 24.5 Å². The fraction of sp³-hybridized carbons (Fsp3) is 0.765. The zero-order chi connectivity index (χ0) is 16.9. The van der Waals surface area contributed by atoms with Crippen molar-refractivity contribution in [3.05, 3.63) is 10.6 Å². The summed E-state index contributed by atoms with van der Waals surface area (Å²) in [6.07, 6.45) is 7.65. The van der Waals surface area contributed by atoms with Crippen molar-refractivity contribution in [3.63, 3.8) is 0 Å². The van der Waals surface area contributed by atoms with Crippen LogP contribution in [0.1, 0.15) is 60.8 Å². The van der Waals surface area contributed by atoms with E-state index >= 15 is 0 Å². The summed E-state index contributed by atoms with van der Waals surface area (Å²) in [5, 5.41) is 4.01. The van der Waals surface area contributed by atoms with Crippen LogP contribution in [0, 0.1) is 5.92 Å². The summed E-state index contributed by atoms with van der Waals surface area (Å²) in [5.74, 6) is 1.02. The molecule has 0 aromatic carbocycles. The number of carbonyl (C=O) groups excluding carboxylic acids is 2. The molecule has 1 saturated heterocycles. The van der Waals surface area contributed by atoms with Gasteiger partial charge in [0.25, 0.3) is 5.91 Å². The Morgan fingerprint density at radius 2 is 1.79 bits per heavy atom. The molecule has 24 heavy (non-hydrogen) atoms. The summed E-state index contributed by atoms with van der Waals surface area (Å²) < 4.78 is 3.89. The summed E-state index contributed by atoms with van der Waals surface area (Å²) in [6.45, 7) is 4.48. The minimum Gasteiger partial charge on any atom is -0.339 e. The van der Waals surface area contributed by atoms with Crippen LogP contribution in [-0.2, 0) is 11.2 Å². The van der Waals surface area contributed by atoms with Crippen molar-refractivity contribution in [1.82, 2.24) is 19.4 Å². The Bertz CT molecular complexity index is 575. The second kappa shape index (κ2) is 8.05. The molecule has 132 valence electrons. The lowest BCUT2D eigenvalue weighted by Crippen LogP contribution is -2.50. The summed E-state index contributed by atoms with van der Waals surface area (Å²) in [7, 11) is 0. The van der Waals surface area contributed by atoms with E-state index in [4.69, 9.17) is 0 Å². The number of nitrogens with zero attached hydrogens (tertiary/aromatic N) is 4. The van der Waals surface area contributed by atoms with Gasteiger partial charge in [-0.15, -0.1) is 5.10 Å². The van der Waals surface area contributed by atoms with Crippen molar-refractivity contribution in [2.75, 3.05) is 26.2 Å². The molecule has 1 aliphatic heterocycles. The molecule has 2 amide bonds. The quantitative estimate of drug-likeness (QED) is 0.818. The third kappa shape index (κ3) is 3.94. The Hall–Kier alpha value is -1.50. The number of hydrogen-bond donors (Lipinski definition) is 0. The average molecular weight is 350 g/mol. The molecule has 1 aromatic heterocycles. The Balaban J connectivity index is 1.46. The van der Waals surface area contributed by atoms with Crippen LogP contribution < -0.4 is 0 Å². The number of aromatic nitrogens is 2. The topological polar surface area (TPSA) is 66.4 Å². The third-order valence-corrected chi connectivity index (χ3v) is 6.00. The van der Waals surface area contributed by atoms with Crippen molar-refractivity contribution in [2.24, 2.45) is 5.92 Å². The number of hydrogen-bond acceptors (Lipinski definition) is 5. The van der Waals surface area contributed by atoms with E-state index in [0.29, 0.717) is 37.5 Å². The molecule has 0 atom stereocenters. The highest BCUT2D eigenvalue weighted by Gasteiger charge is 2.27. The highest BCUT2D eigenvalue weighted by molar-refractivity contribution is 7.08. The van der Waals surface area contributed by atoms with Crippen LogP contribution in [0.15, 0.2) is 0 Å². The number of amides is 2. The SMILES string of the molecule is CCc1nnsc1C(=O)N1CCN(C(=O)CCC2CCCC2)CC1. The molecular weight excluding hydrogens is 324 g/mol. The molecule has 3 rings (SSSR count). The van der Waals surface area contributed by atoms with E-state index in [1.54, 1.807) is 0 Å².